The number of rotatable bonds is 10. The third kappa shape index (κ3) is 7.14. The van der Waals surface area contributed by atoms with E-state index in [-0.39, 0.29) is 42.9 Å². The molecule has 3 rings (SSSR count). The van der Waals surface area contributed by atoms with Crippen molar-refractivity contribution < 1.29 is 19.1 Å². The number of hydrogen-bond acceptors (Lipinski definition) is 6. The Balaban J connectivity index is 1.90. The van der Waals surface area contributed by atoms with Crippen molar-refractivity contribution in [3.05, 3.63) is 71.8 Å². The molecule has 2 aromatic rings. The number of carbonyl (C=O) groups is 2. The molecule has 0 saturated carbocycles. The van der Waals surface area contributed by atoms with Crippen LogP contribution < -0.4 is 0 Å². The Morgan fingerprint density at radius 3 is 1.82 bits per heavy atom. The van der Waals surface area contributed by atoms with E-state index in [0.29, 0.717) is 13.2 Å². The van der Waals surface area contributed by atoms with E-state index in [1.54, 1.807) is 0 Å². The minimum atomic E-state index is -0.204. The van der Waals surface area contributed by atoms with Gasteiger partial charge in [-0.25, -0.2) is 0 Å². The van der Waals surface area contributed by atoms with Crippen molar-refractivity contribution in [3.63, 3.8) is 0 Å². The van der Waals surface area contributed by atoms with E-state index in [9.17, 15) is 9.59 Å². The molecule has 6 heteroatoms. The Bertz CT molecular complexity index is 844. The third-order valence-corrected chi connectivity index (χ3v) is 6.17. The lowest BCUT2D eigenvalue weighted by atomic mass is 9.94. The maximum atomic E-state index is 12.6. The molecule has 0 aromatic heterocycles. The van der Waals surface area contributed by atoms with Crippen LogP contribution in [0.4, 0.5) is 0 Å². The lowest BCUT2D eigenvalue weighted by Crippen LogP contribution is -2.60. The first-order valence-electron chi connectivity index (χ1n) is 11.9. The Morgan fingerprint density at radius 1 is 0.848 bits per heavy atom. The van der Waals surface area contributed by atoms with Crippen LogP contribution >= 0.6 is 0 Å². The van der Waals surface area contributed by atoms with Gasteiger partial charge >= 0.3 is 11.9 Å². The van der Waals surface area contributed by atoms with Gasteiger partial charge in [-0.2, -0.15) is 0 Å². The van der Waals surface area contributed by atoms with Gasteiger partial charge in [-0.15, -0.1) is 0 Å². The summed E-state index contributed by atoms with van der Waals surface area (Å²) in [6.45, 7) is 8.75. The van der Waals surface area contributed by atoms with Crippen molar-refractivity contribution >= 4 is 11.9 Å². The van der Waals surface area contributed by atoms with Crippen molar-refractivity contribution in [3.8, 4) is 0 Å². The molecule has 178 valence electrons. The van der Waals surface area contributed by atoms with Gasteiger partial charge < -0.3 is 9.47 Å². The molecule has 1 saturated heterocycles. The lowest BCUT2D eigenvalue weighted by Gasteiger charge is -2.49. The molecular weight excluding hydrogens is 416 g/mol. The van der Waals surface area contributed by atoms with Crippen LogP contribution in [-0.4, -0.2) is 60.1 Å². The van der Waals surface area contributed by atoms with Crippen LogP contribution in [-0.2, 0) is 25.6 Å². The van der Waals surface area contributed by atoms with E-state index in [4.69, 9.17) is 9.47 Å². The average Bonchev–Trinajstić information content (AvgIpc) is 2.80. The van der Waals surface area contributed by atoms with Crippen LogP contribution in [0, 0.1) is 0 Å². The molecule has 2 aromatic carbocycles. The minimum absolute atomic E-state index is 0.0453. The summed E-state index contributed by atoms with van der Waals surface area (Å²) in [5, 5.41) is 0. The van der Waals surface area contributed by atoms with Crippen LogP contribution in [0.15, 0.2) is 60.7 Å². The molecule has 1 fully saturated rings. The van der Waals surface area contributed by atoms with E-state index in [0.717, 1.165) is 25.2 Å². The number of esters is 2. The van der Waals surface area contributed by atoms with Crippen molar-refractivity contribution in [2.24, 2.45) is 0 Å². The second-order valence-electron chi connectivity index (χ2n) is 8.54. The average molecular weight is 453 g/mol. The standard InChI is InChI=1S/C27H36N2O4/c1-4-32-26(30)16-24-19-28(18-22-12-8-6-9-13-22)20-25(17-27(31)33-5-2)29(24)21(3)23-14-10-7-11-15-23/h6-15,21,24-25H,4-5,16-20H2,1-3H3/t21?,24-,25?/m0/s1. The SMILES string of the molecule is CCOC(=O)CC1CN(Cc2ccccc2)C[C@H](CC(=O)OCC)N1C(C)c1ccccc1. The van der Waals surface area contributed by atoms with Crippen LogP contribution in [0.1, 0.15) is 50.8 Å². The van der Waals surface area contributed by atoms with E-state index in [1.165, 1.54) is 5.56 Å². The molecule has 0 amide bonds. The van der Waals surface area contributed by atoms with Gasteiger partial charge in [0.2, 0.25) is 0 Å². The minimum Gasteiger partial charge on any atom is -0.466 e. The van der Waals surface area contributed by atoms with Crippen LogP contribution in [0.25, 0.3) is 0 Å². The normalized spacial score (nSPS) is 20.2. The predicted molar refractivity (Wildman–Crippen MR) is 128 cm³/mol. The molecule has 6 nitrogen and oxygen atoms in total. The molecule has 0 aliphatic carbocycles. The molecule has 0 spiro atoms. The summed E-state index contributed by atoms with van der Waals surface area (Å²) in [7, 11) is 0. The summed E-state index contributed by atoms with van der Waals surface area (Å²) in [4.78, 5) is 29.8. The van der Waals surface area contributed by atoms with E-state index in [1.807, 2.05) is 50.2 Å². The van der Waals surface area contributed by atoms with E-state index >= 15 is 0 Å². The van der Waals surface area contributed by atoms with Gasteiger partial charge in [-0.1, -0.05) is 60.7 Å². The topological polar surface area (TPSA) is 59.1 Å². The zero-order valence-electron chi connectivity index (χ0n) is 20.0. The quantitative estimate of drug-likeness (QED) is 0.504. The zero-order valence-corrected chi connectivity index (χ0v) is 20.0. The van der Waals surface area contributed by atoms with Gasteiger partial charge in [0.25, 0.3) is 0 Å². The van der Waals surface area contributed by atoms with Gasteiger partial charge in [0.15, 0.2) is 0 Å². The fourth-order valence-electron chi connectivity index (χ4n) is 4.83. The maximum absolute atomic E-state index is 12.6. The molecule has 2 unspecified atom stereocenters. The molecule has 0 radical (unpaired) electrons. The molecule has 33 heavy (non-hydrogen) atoms. The van der Waals surface area contributed by atoms with Crippen molar-refractivity contribution in [1.82, 2.24) is 9.80 Å². The summed E-state index contributed by atoms with van der Waals surface area (Å²) < 4.78 is 10.6. The van der Waals surface area contributed by atoms with Crippen molar-refractivity contribution in [1.29, 1.82) is 0 Å². The molecule has 1 heterocycles. The lowest BCUT2D eigenvalue weighted by molar-refractivity contribution is -0.148. The van der Waals surface area contributed by atoms with Crippen LogP contribution in [0.5, 0.6) is 0 Å². The Hall–Kier alpha value is -2.70. The first kappa shape index (κ1) is 24.9. The van der Waals surface area contributed by atoms with Crippen LogP contribution in [0.2, 0.25) is 0 Å². The fraction of sp³-hybridized carbons (Fsp3) is 0.481. The number of benzene rings is 2. The Labute approximate surface area is 197 Å². The summed E-state index contributed by atoms with van der Waals surface area (Å²) in [6, 6.07) is 20.5. The molecule has 0 N–H and O–H groups in total. The number of ether oxygens (including phenoxy) is 2. The van der Waals surface area contributed by atoms with Gasteiger partial charge in [-0.05, 0) is 31.9 Å². The predicted octanol–water partition coefficient (Wildman–Crippen LogP) is 4.21. The Kier molecular flexibility index (Phi) is 9.46. The fourth-order valence-corrected chi connectivity index (χ4v) is 4.83. The van der Waals surface area contributed by atoms with Crippen molar-refractivity contribution in [2.45, 2.75) is 58.3 Å². The van der Waals surface area contributed by atoms with E-state index in [2.05, 4.69) is 41.0 Å². The van der Waals surface area contributed by atoms with Gasteiger partial charge in [0, 0.05) is 37.8 Å². The largest absolute Gasteiger partial charge is 0.466 e. The number of nitrogens with zero attached hydrogens (tertiary/aromatic N) is 2. The summed E-state index contributed by atoms with van der Waals surface area (Å²) in [5.74, 6) is -0.409. The second kappa shape index (κ2) is 12.5. The highest BCUT2D eigenvalue weighted by atomic mass is 16.5. The molecule has 1 aliphatic rings. The molecule has 0 bridgehead atoms. The Morgan fingerprint density at radius 2 is 1.33 bits per heavy atom. The first-order chi connectivity index (χ1) is 16.0. The number of piperazine rings is 1. The van der Waals surface area contributed by atoms with Crippen molar-refractivity contribution in [2.75, 3.05) is 26.3 Å². The summed E-state index contributed by atoms with van der Waals surface area (Å²) >= 11 is 0. The number of hydrogen-bond donors (Lipinski definition) is 0. The summed E-state index contributed by atoms with van der Waals surface area (Å²) in [6.07, 6.45) is 0.575. The summed E-state index contributed by atoms with van der Waals surface area (Å²) in [5.41, 5.74) is 2.38. The zero-order chi connectivity index (χ0) is 23.6. The van der Waals surface area contributed by atoms with Gasteiger partial charge in [0.1, 0.15) is 0 Å². The molecule has 3 atom stereocenters. The number of carbonyl (C=O) groups excluding carboxylic acids is 2. The smallest absolute Gasteiger partial charge is 0.307 e. The third-order valence-electron chi connectivity index (χ3n) is 6.17. The highest BCUT2D eigenvalue weighted by Crippen LogP contribution is 2.32. The van der Waals surface area contributed by atoms with E-state index < -0.39 is 0 Å². The highest BCUT2D eigenvalue weighted by Gasteiger charge is 2.40. The maximum Gasteiger partial charge on any atom is 0.307 e. The molecule has 1 aliphatic heterocycles. The monoisotopic (exact) mass is 452 g/mol. The van der Waals surface area contributed by atoms with Gasteiger partial charge in [0.05, 0.1) is 26.1 Å². The molecular formula is C27H36N2O4. The highest BCUT2D eigenvalue weighted by molar-refractivity contribution is 5.71. The first-order valence-corrected chi connectivity index (χ1v) is 11.9. The van der Waals surface area contributed by atoms with Gasteiger partial charge in [-0.3, -0.25) is 19.4 Å². The second-order valence-corrected chi connectivity index (χ2v) is 8.54. The van der Waals surface area contributed by atoms with Crippen LogP contribution in [0.3, 0.4) is 0 Å².